The van der Waals surface area contributed by atoms with Crippen LogP contribution in [0.3, 0.4) is 0 Å². The molecule has 0 aromatic heterocycles. The van der Waals surface area contributed by atoms with E-state index in [2.05, 4.69) is 24.4 Å². The average Bonchev–Trinajstić information content (AvgIpc) is 2.46. The molecule has 0 heterocycles. The van der Waals surface area contributed by atoms with E-state index in [1.54, 1.807) is 6.07 Å². The Bertz CT molecular complexity index is 593. The number of anilines is 1. The standard InChI is InChI=1S/C17H19NO2/c1-12-8-9-16(15(10-12)17(19)20)18-11-13(2)14-6-4-3-5-7-14/h3-10,13,18H,11H2,1-2H3,(H,19,20). The van der Waals surface area contributed by atoms with Crippen LogP contribution in [0.15, 0.2) is 48.5 Å². The lowest BCUT2D eigenvalue weighted by Gasteiger charge is -2.15. The van der Waals surface area contributed by atoms with Crippen LogP contribution < -0.4 is 5.32 Å². The number of carboxylic acid groups (broad SMARTS) is 1. The molecule has 1 atom stereocenters. The van der Waals surface area contributed by atoms with Gasteiger partial charge in [-0.3, -0.25) is 0 Å². The van der Waals surface area contributed by atoms with E-state index in [9.17, 15) is 9.90 Å². The van der Waals surface area contributed by atoms with Crippen LogP contribution >= 0.6 is 0 Å². The van der Waals surface area contributed by atoms with Crippen LogP contribution in [0.25, 0.3) is 0 Å². The number of carboxylic acids is 1. The molecule has 0 fully saturated rings. The zero-order valence-electron chi connectivity index (χ0n) is 11.8. The molecule has 0 spiro atoms. The molecule has 0 bridgehead atoms. The minimum Gasteiger partial charge on any atom is -0.478 e. The molecule has 2 aromatic rings. The molecule has 3 nitrogen and oxygen atoms in total. The molecule has 20 heavy (non-hydrogen) atoms. The second-order valence-corrected chi connectivity index (χ2v) is 5.05. The molecule has 2 N–H and O–H groups in total. The molecular formula is C17H19NO2. The maximum absolute atomic E-state index is 11.2. The Morgan fingerprint density at radius 2 is 1.90 bits per heavy atom. The predicted octanol–water partition coefficient (Wildman–Crippen LogP) is 3.91. The number of carbonyl (C=O) groups is 1. The second kappa shape index (κ2) is 6.24. The van der Waals surface area contributed by atoms with Crippen molar-refractivity contribution in [3.05, 3.63) is 65.2 Å². The van der Waals surface area contributed by atoms with Gasteiger partial charge in [-0.2, -0.15) is 0 Å². The summed E-state index contributed by atoms with van der Waals surface area (Å²) < 4.78 is 0. The SMILES string of the molecule is Cc1ccc(NCC(C)c2ccccc2)c(C(=O)O)c1. The van der Waals surface area contributed by atoms with Gasteiger partial charge in [-0.05, 0) is 30.5 Å². The highest BCUT2D eigenvalue weighted by molar-refractivity contribution is 5.94. The number of aromatic carboxylic acids is 1. The van der Waals surface area contributed by atoms with Crippen LogP contribution in [-0.2, 0) is 0 Å². The fourth-order valence-corrected chi connectivity index (χ4v) is 2.15. The number of aryl methyl sites for hydroxylation is 1. The fraction of sp³-hybridized carbons (Fsp3) is 0.235. The summed E-state index contributed by atoms with van der Waals surface area (Å²) in [6.45, 7) is 4.72. The molecule has 0 saturated carbocycles. The summed E-state index contributed by atoms with van der Waals surface area (Å²) in [6.07, 6.45) is 0. The van der Waals surface area contributed by atoms with Gasteiger partial charge >= 0.3 is 5.97 Å². The summed E-state index contributed by atoms with van der Waals surface area (Å²) in [5.74, 6) is -0.581. The van der Waals surface area contributed by atoms with Gasteiger partial charge in [0.05, 0.1) is 5.56 Å². The molecule has 2 rings (SSSR count). The number of rotatable bonds is 5. The highest BCUT2D eigenvalue weighted by Gasteiger charge is 2.11. The highest BCUT2D eigenvalue weighted by Crippen LogP contribution is 2.20. The lowest BCUT2D eigenvalue weighted by molar-refractivity contribution is 0.0698. The van der Waals surface area contributed by atoms with E-state index >= 15 is 0 Å². The minimum atomic E-state index is -0.899. The Morgan fingerprint density at radius 3 is 2.55 bits per heavy atom. The lowest BCUT2D eigenvalue weighted by atomic mass is 10.0. The summed E-state index contributed by atoms with van der Waals surface area (Å²) in [4.78, 5) is 11.2. The zero-order valence-corrected chi connectivity index (χ0v) is 11.8. The van der Waals surface area contributed by atoms with Crippen molar-refractivity contribution in [3.8, 4) is 0 Å². The monoisotopic (exact) mass is 269 g/mol. The minimum absolute atomic E-state index is 0.319. The van der Waals surface area contributed by atoms with Gasteiger partial charge < -0.3 is 10.4 Å². The van der Waals surface area contributed by atoms with Crippen molar-refractivity contribution in [2.45, 2.75) is 19.8 Å². The first kappa shape index (κ1) is 14.1. The van der Waals surface area contributed by atoms with E-state index in [1.807, 2.05) is 37.3 Å². The van der Waals surface area contributed by atoms with E-state index in [1.165, 1.54) is 5.56 Å². The Labute approximate surface area is 119 Å². The average molecular weight is 269 g/mol. The van der Waals surface area contributed by atoms with E-state index in [0.29, 0.717) is 23.7 Å². The number of nitrogens with one attached hydrogen (secondary N) is 1. The van der Waals surface area contributed by atoms with Gasteiger partial charge in [-0.1, -0.05) is 48.9 Å². The van der Waals surface area contributed by atoms with Gasteiger partial charge in [0.2, 0.25) is 0 Å². The molecule has 0 radical (unpaired) electrons. The first-order chi connectivity index (χ1) is 9.58. The van der Waals surface area contributed by atoms with Crippen molar-refractivity contribution >= 4 is 11.7 Å². The highest BCUT2D eigenvalue weighted by atomic mass is 16.4. The molecule has 0 aliphatic rings. The molecule has 0 aliphatic heterocycles. The number of hydrogen-bond donors (Lipinski definition) is 2. The van der Waals surface area contributed by atoms with Crippen molar-refractivity contribution < 1.29 is 9.90 Å². The quantitative estimate of drug-likeness (QED) is 0.865. The molecule has 1 unspecified atom stereocenters. The molecule has 2 aromatic carbocycles. The van der Waals surface area contributed by atoms with E-state index in [-0.39, 0.29) is 0 Å². The first-order valence-electron chi connectivity index (χ1n) is 6.70. The summed E-state index contributed by atoms with van der Waals surface area (Å²) in [5, 5.41) is 12.5. The fourth-order valence-electron chi connectivity index (χ4n) is 2.15. The molecule has 0 saturated heterocycles. The maximum Gasteiger partial charge on any atom is 0.337 e. The lowest BCUT2D eigenvalue weighted by Crippen LogP contribution is -2.12. The van der Waals surface area contributed by atoms with Crippen molar-refractivity contribution in [1.82, 2.24) is 0 Å². The third-order valence-electron chi connectivity index (χ3n) is 3.37. The molecule has 0 amide bonds. The predicted molar refractivity (Wildman–Crippen MR) is 81.5 cm³/mol. The number of hydrogen-bond acceptors (Lipinski definition) is 2. The van der Waals surface area contributed by atoms with Crippen LogP contribution in [0.5, 0.6) is 0 Å². The summed E-state index contributed by atoms with van der Waals surface area (Å²) in [5.41, 5.74) is 3.18. The van der Waals surface area contributed by atoms with Crippen molar-refractivity contribution in [3.63, 3.8) is 0 Å². The smallest absolute Gasteiger partial charge is 0.337 e. The third-order valence-corrected chi connectivity index (χ3v) is 3.37. The van der Waals surface area contributed by atoms with Crippen LogP contribution in [-0.4, -0.2) is 17.6 Å². The summed E-state index contributed by atoms with van der Waals surface area (Å²) >= 11 is 0. The molecule has 104 valence electrons. The van der Waals surface area contributed by atoms with Gasteiger partial charge in [0, 0.05) is 12.2 Å². The van der Waals surface area contributed by atoms with Crippen LogP contribution in [0, 0.1) is 6.92 Å². The summed E-state index contributed by atoms with van der Waals surface area (Å²) in [7, 11) is 0. The molecule has 0 aliphatic carbocycles. The Kier molecular flexibility index (Phi) is 4.41. The van der Waals surface area contributed by atoms with E-state index < -0.39 is 5.97 Å². The Morgan fingerprint density at radius 1 is 1.20 bits per heavy atom. The van der Waals surface area contributed by atoms with Crippen molar-refractivity contribution in [2.75, 3.05) is 11.9 Å². The summed E-state index contributed by atoms with van der Waals surface area (Å²) in [6, 6.07) is 15.6. The van der Waals surface area contributed by atoms with Crippen LogP contribution in [0.2, 0.25) is 0 Å². The van der Waals surface area contributed by atoms with E-state index in [0.717, 1.165) is 5.56 Å². The van der Waals surface area contributed by atoms with Crippen molar-refractivity contribution in [1.29, 1.82) is 0 Å². The largest absolute Gasteiger partial charge is 0.478 e. The van der Waals surface area contributed by atoms with Gasteiger partial charge in [0.25, 0.3) is 0 Å². The Hall–Kier alpha value is -2.29. The maximum atomic E-state index is 11.2. The van der Waals surface area contributed by atoms with Gasteiger partial charge in [-0.25, -0.2) is 4.79 Å². The number of benzene rings is 2. The second-order valence-electron chi connectivity index (χ2n) is 5.05. The van der Waals surface area contributed by atoms with Crippen LogP contribution in [0.4, 0.5) is 5.69 Å². The normalized spacial score (nSPS) is 11.9. The van der Waals surface area contributed by atoms with Crippen LogP contribution in [0.1, 0.15) is 34.3 Å². The van der Waals surface area contributed by atoms with Gasteiger partial charge in [0.15, 0.2) is 0 Å². The van der Waals surface area contributed by atoms with Gasteiger partial charge in [-0.15, -0.1) is 0 Å². The Balaban J connectivity index is 2.09. The molecular weight excluding hydrogens is 250 g/mol. The zero-order chi connectivity index (χ0) is 14.5. The topological polar surface area (TPSA) is 49.3 Å². The van der Waals surface area contributed by atoms with Gasteiger partial charge in [0.1, 0.15) is 0 Å². The first-order valence-corrected chi connectivity index (χ1v) is 6.70. The van der Waals surface area contributed by atoms with E-state index in [4.69, 9.17) is 0 Å². The third kappa shape index (κ3) is 3.38. The molecule has 3 heteroatoms. The van der Waals surface area contributed by atoms with Crippen molar-refractivity contribution in [2.24, 2.45) is 0 Å².